The van der Waals surface area contributed by atoms with Crippen LogP contribution in [0.4, 0.5) is 0 Å². The minimum absolute atomic E-state index is 0.0395. The summed E-state index contributed by atoms with van der Waals surface area (Å²) in [5.41, 5.74) is 1.60. The third-order valence-corrected chi connectivity index (χ3v) is 6.80. The Morgan fingerprint density at radius 3 is 2.03 bits per heavy atom. The van der Waals surface area contributed by atoms with E-state index in [9.17, 15) is 14.4 Å². The molecule has 39 heavy (non-hydrogen) atoms. The summed E-state index contributed by atoms with van der Waals surface area (Å²) < 4.78 is 13.6. The van der Waals surface area contributed by atoms with E-state index in [2.05, 4.69) is 19.2 Å². The van der Waals surface area contributed by atoms with Gasteiger partial charge in [-0.25, -0.2) is 4.79 Å². The summed E-state index contributed by atoms with van der Waals surface area (Å²) in [4.78, 5) is 39.8. The number of methoxy groups -OCH3 is 2. The number of ether oxygens (including phenoxy) is 2. The number of halogens is 1. The third-order valence-electron chi connectivity index (χ3n) is 6.55. The van der Waals surface area contributed by atoms with Gasteiger partial charge in [0.2, 0.25) is 0 Å². The molecule has 0 fully saturated rings. The Morgan fingerprint density at radius 2 is 1.44 bits per heavy atom. The lowest BCUT2D eigenvalue weighted by atomic mass is 10.1. The quantitative estimate of drug-likeness (QED) is 0.309. The van der Waals surface area contributed by atoms with Gasteiger partial charge in [0.25, 0.3) is 11.5 Å². The van der Waals surface area contributed by atoms with E-state index in [0.717, 1.165) is 12.0 Å². The van der Waals surface area contributed by atoms with Crippen LogP contribution in [0.2, 0.25) is 5.02 Å². The maximum absolute atomic E-state index is 13.7. The largest absolute Gasteiger partial charge is 0.493 e. The van der Waals surface area contributed by atoms with Crippen molar-refractivity contribution in [3.63, 3.8) is 0 Å². The summed E-state index contributed by atoms with van der Waals surface area (Å²) in [6.07, 6.45) is 0.896. The topological polar surface area (TPSA) is 91.6 Å². The van der Waals surface area contributed by atoms with Gasteiger partial charge in [0, 0.05) is 23.2 Å². The Morgan fingerprint density at radius 1 is 0.872 bits per heavy atom. The molecule has 4 rings (SSSR count). The van der Waals surface area contributed by atoms with Gasteiger partial charge in [-0.1, -0.05) is 49.7 Å². The summed E-state index contributed by atoms with van der Waals surface area (Å²) in [6.45, 7) is 5.07. The molecule has 4 aromatic rings. The minimum Gasteiger partial charge on any atom is -0.493 e. The predicted molar refractivity (Wildman–Crippen MR) is 153 cm³/mol. The summed E-state index contributed by atoms with van der Waals surface area (Å²) in [5.74, 6) is 1.14. The fourth-order valence-corrected chi connectivity index (χ4v) is 4.46. The van der Waals surface area contributed by atoms with Gasteiger partial charge in [0.1, 0.15) is 0 Å². The second-order valence-corrected chi connectivity index (χ2v) is 10.2. The molecule has 0 unspecified atom stereocenters. The number of hydrogen-bond acceptors (Lipinski definition) is 5. The van der Waals surface area contributed by atoms with Crippen molar-refractivity contribution in [2.75, 3.05) is 20.8 Å². The van der Waals surface area contributed by atoms with E-state index in [1.165, 1.54) is 18.8 Å². The van der Waals surface area contributed by atoms with Crippen molar-refractivity contribution in [1.82, 2.24) is 14.5 Å². The first kappa shape index (κ1) is 28.0. The molecule has 0 radical (unpaired) electrons. The van der Waals surface area contributed by atoms with Crippen LogP contribution in [0.3, 0.4) is 0 Å². The summed E-state index contributed by atoms with van der Waals surface area (Å²) in [6, 6.07) is 17.3. The standard InChI is InChI=1S/C30H32ClN3O5/c1-19(2)13-14-32-28(35)22-9-5-20(6-10-22)18-34-29(36)24-15-26(38-3)27(39-4)16-25(24)33(30(34)37)17-21-7-11-23(31)12-8-21/h5-12,15-16,19H,13-14,17-18H2,1-4H3,(H,32,35). The number of rotatable bonds is 10. The van der Waals surface area contributed by atoms with Gasteiger partial charge in [-0.15, -0.1) is 0 Å². The predicted octanol–water partition coefficient (Wildman–Crippen LogP) is 4.71. The molecule has 1 amide bonds. The molecule has 1 aromatic heterocycles. The highest BCUT2D eigenvalue weighted by atomic mass is 35.5. The molecule has 0 aliphatic heterocycles. The number of aromatic nitrogens is 2. The van der Waals surface area contributed by atoms with Crippen molar-refractivity contribution in [2.45, 2.75) is 33.4 Å². The Labute approximate surface area is 231 Å². The normalized spacial score (nSPS) is 11.1. The van der Waals surface area contributed by atoms with Crippen LogP contribution in [-0.4, -0.2) is 35.8 Å². The van der Waals surface area contributed by atoms with Crippen LogP contribution in [0.5, 0.6) is 11.5 Å². The van der Waals surface area contributed by atoms with Crippen molar-refractivity contribution in [3.8, 4) is 11.5 Å². The highest BCUT2D eigenvalue weighted by Crippen LogP contribution is 2.30. The second-order valence-electron chi connectivity index (χ2n) is 9.75. The molecule has 0 saturated heterocycles. The molecule has 8 nitrogen and oxygen atoms in total. The average Bonchev–Trinajstić information content (AvgIpc) is 2.93. The Kier molecular flexibility index (Phi) is 8.76. The molecule has 0 aliphatic rings. The summed E-state index contributed by atoms with van der Waals surface area (Å²) in [5, 5.41) is 3.82. The number of hydrogen-bond donors (Lipinski definition) is 1. The van der Waals surface area contributed by atoms with Gasteiger partial charge >= 0.3 is 5.69 Å². The van der Waals surface area contributed by atoms with Crippen molar-refractivity contribution < 1.29 is 14.3 Å². The molecule has 204 valence electrons. The zero-order valence-corrected chi connectivity index (χ0v) is 23.2. The molecule has 0 bridgehead atoms. The SMILES string of the molecule is COc1cc2c(=O)n(Cc3ccc(C(=O)NCCC(C)C)cc3)c(=O)n(Cc3ccc(Cl)cc3)c2cc1OC. The van der Waals surface area contributed by atoms with Gasteiger partial charge in [-0.2, -0.15) is 0 Å². The molecule has 0 aliphatic carbocycles. The number of amides is 1. The van der Waals surface area contributed by atoms with E-state index in [4.69, 9.17) is 21.1 Å². The van der Waals surface area contributed by atoms with Crippen LogP contribution in [0.1, 0.15) is 41.8 Å². The zero-order chi connectivity index (χ0) is 28.1. The molecule has 9 heteroatoms. The Hall–Kier alpha value is -4.04. The first-order valence-corrected chi connectivity index (χ1v) is 13.1. The Bertz CT molecular complexity index is 1590. The lowest BCUT2D eigenvalue weighted by Gasteiger charge is -2.17. The number of carbonyl (C=O) groups excluding carboxylic acids is 1. The van der Waals surface area contributed by atoms with E-state index in [-0.39, 0.29) is 19.0 Å². The van der Waals surface area contributed by atoms with Gasteiger partial charge < -0.3 is 14.8 Å². The average molecular weight is 550 g/mol. The smallest absolute Gasteiger partial charge is 0.332 e. The summed E-state index contributed by atoms with van der Waals surface area (Å²) in [7, 11) is 2.99. The molecule has 0 spiro atoms. The molecule has 1 N–H and O–H groups in total. The highest BCUT2D eigenvalue weighted by Gasteiger charge is 2.18. The van der Waals surface area contributed by atoms with Crippen molar-refractivity contribution >= 4 is 28.4 Å². The van der Waals surface area contributed by atoms with E-state index in [0.29, 0.717) is 51.0 Å². The molecule has 0 saturated carbocycles. The molecule has 0 atom stereocenters. The number of carbonyl (C=O) groups is 1. The van der Waals surface area contributed by atoms with E-state index in [1.807, 2.05) is 12.1 Å². The van der Waals surface area contributed by atoms with Gasteiger partial charge in [-0.05, 0) is 53.8 Å². The Balaban J connectivity index is 1.74. The van der Waals surface area contributed by atoms with Crippen LogP contribution in [0, 0.1) is 5.92 Å². The van der Waals surface area contributed by atoms with Crippen LogP contribution >= 0.6 is 11.6 Å². The third kappa shape index (κ3) is 6.34. The maximum atomic E-state index is 13.7. The van der Waals surface area contributed by atoms with Gasteiger partial charge in [0.05, 0.1) is 38.2 Å². The van der Waals surface area contributed by atoms with E-state index in [1.54, 1.807) is 53.1 Å². The molecular formula is C30H32ClN3O5. The number of benzene rings is 3. The fourth-order valence-electron chi connectivity index (χ4n) is 4.33. The van der Waals surface area contributed by atoms with E-state index < -0.39 is 11.2 Å². The number of nitrogens with zero attached hydrogens (tertiary/aromatic N) is 2. The highest BCUT2D eigenvalue weighted by molar-refractivity contribution is 6.30. The van der Waals surface area contributed by atoms with Crippen molar-refractivity contribution in [3.05, 3.63) is 103 Å². The van der Waals surface area contributed by atoms with E-state index >= 15 is 0 Å². The number of fused-ring (bicyclic) bond motifs is 1. The second kappa shape index (κ2) is 12.2. The number of nitrogens with one attached hydrogen (secondary N) is 1. The summed E-state index contributed by atoms with van der Waals surface area (Å²) >= 11 is 6.05. The first-order valence-electron chi connectivity index (χ1n) is 12.7. The van der Waals surface area contributed by atoms with Gasteiger partial charge in [0.15, 0.2) is 11.5 Å². The molecular weight excluding hydrogens is 518 g/mol. The first-order chi connectivity index (χ1) is 18.7. The molecule has 1 heterocycles. The zero-order valence-electron chi connectivity index (χ0n) is 22.5. The maximum Gasteiger partial charge on any atom is 0.332 e. The van der Waals surface area contributed by atoms with Crippen LogP contribution in [-0.2, 0) is 13.1 Å². The van der Waals surface area contributed by atoms with Crippen LogP contribution in [0.25, 0.3) is 10.9 Å². The van der Waals surface area contributed by atoms with Crippen molar-refractivity contribution in [2.24, 2.45) is 5.92 Å². The lowest BCUT2D eigenvalue weighted by Crippen LogP contribution is -2.40. The van der Waals surface area contributed by atoms with Crippen molar-refractivity contribution in [1.29, 1.82) is 0 Å². The minimum atomic E-state index is -0.467. The lowest BCUT2D eigenvalue weighted by molar-refractivity contribution is 0.0952. The fraction of sp³-hybridized carbons (Fsp3) is 0.300. The van der Waals surface area contributed by atoms with Gasteiger partial charge in [-0.3, -0.25) is 18.7 Å². The van der Waals surface area contributed by atoms with Crippen LogP contribution in [0.15, 0.2) is 70.3 Å². The molecule has 3 aromatic carbocycles. The monoisotopic (exact) mass is 549 g/mol. The van der Waals surface area contributed by atoms with Crippen LogP contribution < -0.4 is 26.0 Å².